The van der Waals surface area contributed by atoms with Crippen molar-refractivity contribution in [1.29, 1.82) is 0 Å². The Bertz CT molecular complexity index is 658. The summed E-state index contributed by atoms with van der Waals surface area (Å²) in [6, 6.07) is 4.69. The first-order valence-electron chi connectivity index (χ1n) is 5.55. The molecule has 0 saturated heterocycles. The first-order chi connectivity index (χ1) is 9.06. The van der Waals surface area contributed by atoms with Crippen LogP contribution in [0.3, 0.4) is 0 Å². The zero-order chi connectivity index (χ0) is 13.8. The Balaban J connectivity index is 0.000000297. The van der Waals surface area contributed by atoms with Crippen molar-refractivity contribution in [3.8, 4) is 11.5 Å². The number of hydrogen-bond acceptors (Lipinski definition) is 4. The molecular formula is C13H10ClNO4. The standard InChI is InChI=1S/C12H9NO2.CHClO2/c14-8-5-6-10-12(7-8)15-11-4-2-1-3-9(11)13-10;2-1(3)4/h1,3,5-7H,2,4H2;(H,3,4). The molecule has 0 amide bonds. The second-order valence-electron chi connectivity index (χ2n) is 3.85. The summed E-state index contributed by atoms with van der Waals surface area (Å²) >= 11 is 4.19. The van der Waals surface area contributed by atoms with E-state index < -0.39 is 5.43 Å². The van der Waals surface area contributed by atoms with Crippen molar-refractivity contribution in [3.05, 3.63) is 46.0 Å². The van der Waals surface area contributed by atoms with Crippen LogP contribution in [-0.4, -0.2) is 15.5 Å². The van der Waals surface area contributed by atoms with Crippen molar-refractivity contribution in [2.45, 2.75) is 12.8 Å². The monoisotopic (exact) mass is 279 g/mol. The van der Waals surface area contributed by atoms with Crippen LogP contribution in [0.5, 0.6) is 0 Å². The number of aromatic nitrogens is 1. The van der Waals surface area contributed by atoms with Gasteiger partial charge in [0.1, 0.15) is 17.1 Å². The summed E-state index contributed by atoms with van der Waals surface area (Å²) < 4.78 is 5.65. The maximum absolute atomic E-state index is 11.1. The summed E-state index contributed by atoms with van der Waals surface area (Å²) in [6.45, 7) is 0. The van der Waals surface area contributed by atoms with E-state index in [1.807, 2.05) is 6.08 Å². The molecular weight excluding hydrogens is 270 g/mol. The van der Waals surface area contributed by atoms with Gasteiger partial charge in [0.2, 0.25) is 0 Å². The number of benzene rings is 1. The Morgan fingerprint density at radius 1 is 1.42 bits per heavy atom. The molecule has 2 aliphatic carbocycles. The summed E-state index contributed by atoms with van der Waals surface area (Å²) in [4.78, 5) is 24.4. The fraction of sp³-hybridized carbons (Fsp3) is 0.154. The summed E-state index contributed by atoms with van der Waals surface area (Å²) in [6.07, 6.45) is 5.88. The molecule has 0 unspecified atom stereocenters. The molecule has 1 N–H and O–H groups in total. The first kappa shape index (κ1) is 13.3. The molecule has 0 radical (unpaired) electrons. The summed E-state index contributed by atoms with van der Waals surface area (Å²) in [5.74, 6) is 1.45. The zero-order valence-electron chi connectivity index (χ0n) is 9.80. The van der Waals surface area contributed by atoms with Crippen LogP contribution < -0.4 is 5.43 Å². The second kappa shape index (κ2) is 5.67. The minimum absolute atomic E-state index is 0.0423. The molecule has 0 spiro atoms. The van der Waals surface area contributed by atoms with E-state index in [1.54, 1.807) is 6.07 Å². The van der Waals surface area contributed by atoms with Gasteiger partial charge < -0.3 is 9.52 Å². The molecule has 0 atom stereocenters. The van der Waals surface area contributed by atoms with Crippen molar-refractivity contribution in [2.24, 2.45) is 0 Å². The van der Waals surface area contributed by atoms with E-state index in [0.717, 1.165) is 30.0 Å². The van der Waals surface area contributed by atoms with E-state index in [1.165, 1.54) is 12.1 Å². The number of carbonyl (C=O) groups is 1. The average Bonchev–Trinajstić information content (AvgIpc) is 2.35. The van der Waals surface area contributed by atoms with Gasteiger partial charge in [-0.3, -0.25) is 4.79 Å². The Morgan fingerprint density at radius 2 is 2.16 bits per heavy atom. The van der Waals surface area contributed by atoms with Gasteiger partial charge in [-0.2, -0.15) is 0 Å². The number of aryl methyl sites for hydroxylation is 1. The second-order valence-corrected chi connectivity index (χ2v) is 4.17. The van der Waals surface area contributed by atoms with Gasteiger partial charge in [0.25, 0.3) is 0 Å². The third kappa shape index (κ3) is 3.42. The molecule has 5 nitrogen and oxygen atoms in total. The lowest BCUT2D eigenvalue weighted by atomic mass is 10.1. The molecule has 0 aromatic rings. The summed E-state index contributed by atoms with van der Waals surface area (Å²) in [7, 11) is 0. The first-order valence-corrected chi connectivity index (χ1v) is 5.93. The maximum Gasteiger partial charge on any atom is 0.401 e. The highest BCUT2D eigenvalue weighted by Gasteiger charge is 2.14. The van der Waals surface area contributed by atoms with Crippen molar-refractivity contribution in [3.63, 3.8) is 0 Å². The SMILES string of the molecule is O=C(O)Cl.O=c1ccc2nc3c(oc-2c1)CCC=C3. The quantitative estimate of drug-likeness (QED) is 0.750. The third-order valence-corrected chi connectivity index (χ3v) is 2.50. The molecule has 98 valence electrons. The molecule has 3 rings (SSSR count). The number of rotatable bonds is 0. The highest BCUT2D eigenvalue weighted by Crippen LogP contribution is 2.25. The minimum Gasteiger partial charge on any atom is -0.469 e. The topological polar surface area (TPSA) is 80.4 Å². The predicted molar refractivity (Wildman–Crippen MR) is 70.6 cm³/mol. The number of fused-ring (bicyclic) bond motifs is 2. The average molecular weight is 280 g/mol. The van der Waals surface area contributed by atoms with Crippen molar-refractivity contribution < 1.29 is 14.3 Å². The number of hydrogen-bond donors (Lipinski definition) is 1. The van der Waals surface area contributed by atoms with Crippen LogP contribution in [0.1, 0.15) is 17.9 Å². The molecule has 3 aliphatic rings. The van der Waals surface area contributed by atoms with Gasteiger partial charge in [0.05, 0.1) is 0 Å². The van der Waals surface area contributed by atoms with Gasteiger partial charge in [-0.25, -0.2) is 9.78 Å². The molecule has 6 heteroatoms. The number of carboxylic acid groups (broad SMARTS) is 1. The Hall–Kier alpha value is -2.14. The molecule has 1 heterocycles. The molecule has 19 heavy (non-hydrogen) atoms. The summed E-state index contributed by atoms with van der Waals surface area (Å²) in [5, 5.41) is 7.18. The third-order valence-electron chi connectivity index (χ3n) is 2.50. The molecule has 0 bridgehead atoms. The van der Waals surface area contributed by atoms with Crippen LogP contribution in [0.4, 0.5) is 4.79 Å². The Labute approximate surface area is 113 Å². The van der Waals surface area contributed by atoms with Crippen LogP contribution in [0, 0.1) is 0 Å². The fourth-order valence-corrected chi connectivity index (χ4v) is 1.76. The van der Waals surface area contributed by atoms with E-state index in [-0.39, 0.29) is 5.43 Å². The van der Waals surface area contributed by atoms with Crippen LogP contribution in [0.15, 0.2) is 33.5 Å². The highest BCUT2D eigenvalue weighted by molar-refractivity contribution is 6.60. The number of halogens is 1. The van der Waals surface area contributed by atoms with Gasteiger partial charge in [-0.1, -0.05) is 6.08 Å². The largest absolute Gasteiger partial charge is 0.469 e. The van der Waals surface area contributed by atoms with E-state index in [9.17, 15) is 4.79 Å². The van der Waals surface area contributed by atoms with Crippen LogP contribution >= 0.6 is 11.6 Å². The Kier molecular flexibility index (Phi) is 3.97. The van der Waals surface area contributed by atoms with Crippen molar-refractivity contribution in [1.82, 2.24) is 4.98 Å². The smallest absolute Gasteiger partial charge is 0.401 e. The fourth-order valence-electron chi connectivity index (χ4n) is 1.76. The Morgan fingerprint density at radius 3 is 2.89 bits per heavy atom. The van der Waals surface area contributed by atoms with Gasteiger partial charge in [0.15, 0.2) is 11.2 Å². The molecule has 0 fully saturated rings. The van der Waals surface area contributed by atoms with E-state index in [0.29, 0.717) is 5.76 Å². The van der Waals surface area contributed by atoms with Gasteiger partial charge in [-0.15, -0.1) is 0 Å². The number of allylic oxidation sites excluding steroid dienone is 1. The van der Waals surface area contributed by atoms with E-state index in [2.05, 4.69) is 22.7 Å². The van der Waals surface area contributed by atoms with Crippen LogP contribution in [0.2, 0.25) is 0 Å². The van der Waals surface area contributed by atoms with Crippen LogP contribution in [0.25, 0.3) is 17.5 Å². The molecule has 0 aromatic carbocycles. The molecule has 0 saturated carbocycles. The van der Waals surface area contributed by atoms with Crippen LogP contribution in [-0.2, 0) is 6.42 Å². The summed E-state index contributed by atoms with van der Waals surface area (Å²) in [5.41, 5.74) is 0.214. The van der Waals surface area contributed by atoms with Gasteiger partial charge in [-0.05, 0) is 24.6 Å². The van der Waals surface area contributed by atoms with Crippen molar-refractivity contribution in [2.75, 3.05) is 0 Å². The minimum atomic E-state index is -1.36. The predicted octanol–water partition coefficient (Wildman–Crippen LogP) is 3.00. The lowest BCUT2D eigenvalue weighted by Gasteiger charge is -2.11. The van der Waals surface area contributed by atoms with E-state index in [4.69, 9.17) is 14.3 Å². The highest BCUT2D eigenvalue weighted by atomic mass is 35.5. The molecule has 0 aromatic heterocycles. The number of nitrogens with zero attached hydrogens (tertiary/aromatic N) is 1. The van der Waals surface area contributed by atoms with Gasteiger partial charge >= 0.3 is 5.43 Å². The lowest BCUT2D eigenvalue weighted by molar-refractivity contribution is 0.220. The van der Waals surface area contributed by atoms with Gasteiger partial charge in [0, 0.05) is 24.1 Å². The lowest BCUT2D eigenvalue weighted by Crippen LogP contribution is -2.04. The zero-order valence-corrected chi connectivity index (χ0v) is 10.6. The normalized spacial score (nSPS) is 12.5. The molecule has 1 aliphatic heterocycles. The van der Waals surface area contributed by atoms with Crippen molar-refractivity contribution >= 4 is 23.1 Å². The van der Waals surface area contributed by atoms with E-state index >= 15 is 0 Å². The maximum atomic E-state index is 11.1.